The highest BCUT2D eigenvalue weighted by Gasteiger charge is 2.17. The van der Waals surface area contributed by atoms with Crippen molar-refractivity contribution in [3.05, 3.63) is 81.3 Å². The van der Waals surface area contributed by atoms with Gasteiger partial charge in [0.1, 0.15) is 4.83 Å². The monoisotopic (exact) mass is 406 g/mol. The average molecular weight is 407 g/mol. The standard InChI is InChI=1S/C21H15ClN4OS/c1-13-17-10-19(20(27)24-16-7-4-5-14(9-16)11-23)28-21(17)26(25-13)12-15-6-2-3-8-18(15)22/h2-10H,12H2,1H3,(H,24,27). The molecule has 0 atom stereocenters. The maximum Gasteiger partial charge on any atom is 0.265 e. The molecule has 4 aromatic rings. The molecule has 0 aliphatic heterocycles. The number of nitriles is 1. The van der Waals surface area contributed by atoms with Crippen LogP contribution in [0.25, 0.3) is 10.2 Å². The molecule has 0 unspecified atom stereocenters. The third-order valence-electron chi connectivity index (χ3n) is 4.36. The highest BCUT2D eigenvalue weighted by Crippen LogP contribution is 2.30. The highest BCUT2D eigenvalue weighted by molar-refractivity contribution is 7.20. The number of halogens is 1. The number of hydrogen-bond acceptors (Lipinski definition) is 4. The fourth-order valence-corrected chi connectivity index (χ4v) is 4.23. The van der Waals surface area contributed by atoms with Crippen LogP contribution in [-0.4, -0.2) is 15.7 Å². The maximum absolute atomic E-state index is 12.7. The Balaban J connectivity index is 1.63. The molecule has 5 nitrogen and oxygen atoms in total. The molecule has 138 valence electrons. The van der Waals surface area contributed by atoms with Crippen molar-refractivity contribution >= 4 is 44.7 Å². The molecule has 0 bridgehead atoms. The lowest BCUT2D eigenvalue weighted by molar-refractivity contribution is 0.103. The van der Waals surface area contributed by atoms with Crippen molar-refractivity contribution < 1.29 is 4.79 Å². The third-order valence-corrected chi connectivity index (χ3v) is 5.87. The zero-order valence-electron chi connectivity index (χ0n) is 14.9. The van der Waals surface area contributed by atoms with Gasteiger partial charge in [-0.05, 0) is 42.8 Å². The van der Waals surface area contributed by atoms with Gasteiger partial charge in [0, 0.05) is 16.1 Å². The van der Waals surface area contributed by atoms with Gasteiger partial charge in [-0.15, -0.1) is 11.3 Å². The number of hydrogen-bond donors (Lipinski definition) is 1. The van der Waals surface area contributed by atoms with E-state index in [9.17, 15) is 4.79 Å². The van der Waals surface area contributed by atoms with Crippen molar-refractivity contribution in [1.29, 1.82) is 5.26 Å². The number of carbonyl (C=O) groups is 1. The van der Waals surface area contributed by atoms with E-state index < -0.39 is 0 Å². The molecule has 4 rings (SSSR count). The molecular formula is C21H15ClN4OS. The van der Waals surface area contributed by atoms with Crippen molar-refractivity contribution in [1.82, 2.24) is 9.78 Å². The molecule has 2 aromatic carbocycles. The number of benzene rings is 2. The summed E-state index contributed by atoms with van der Waals surface area (Å²) in [7, 11) is 0. The second kappa shape index (κ2) is 7.47. The van der Waals surface area contributed by atoms with E-state index in [1.165, 1.54) is 11.3 Å². The van der Waals surface area contributed by atoms with Crippen LogP contribution >= 0.6 is 22.9 Å². The molecule has 0 radical (unpaired) electrons. The van der Waals surface area contributed by atoms with E-state index in [0.29, 0.717) is 27.7 Å². The number of nitrogens with one attached hydrogen (secondary N) is 1. The van der Waals surface area contributed by atoms with Gasteiger partial charge in [0.05, 0.1) is 28.7 Å². The van der Waals surface area contributed by atoms with E-state index in [1.54, 1.807) is 24.3 Å². The first-order valence-electron chi connectivity index (χ1n) is 8.57. The molecule has 7 heteroatoms. The van der Waals surface area contributed by atoms with Gasteiger partial charge in [-0.1, -0.05) is 35.9 Å². The van der Waals surface area contributed by atoms with E-state index in [0.717, 1.165) is 21.5 Å². The fourth-order valence-electron chi connectivity index (χ4n) is 2.98. The Morgan fingerprint density at radius 2 is 2.07 bits per heavy atom. The third kappa shape index (κ3) is 3.50. The quantitative estimate of drug-likeness (QED) is 0.504. The predicted octanol–water partition coefficient (Wildman–Crippen LogP) is 5.23. The van der Waals surface area contributed by atoms with Crippen molar-refractivity contribution in [2.24, 2.45) is 0 Å². The molecular weight excluding hydrogens is 392 g/mol. The number of aromatic nitrogens is 2. The number of amides is 1. The van der Waals surface area contributed by atoms with E-state index >= 15 is 0 Å². The van der Waals surface area contributed by atoms with E-state index in [1.807, 2.05) is 41.9 Å². The molecule has 0 fully saturated rings. The summed E-state index contributed by atoms with van der Waals surface area (Å²) in [5, 5.41) is 18.1. The van der Waals surface area contributed by atoms with Gasteiger partial charge in [-0.3, -0.25) is 9.48 Å². The minimum atomic E-state index is -0.208. The van der Waals surface area contributed by atoms with E-state index in [-0.39, 0.29) is 5.91 Å². The van der Waals surface area contributed by atoms with Crippen LogP contribution in [0.2, 0.25) is 5.02 Å². The van der Waals surface area contributed by atoms with E-state index in [4.69, 9.17) is 16.9 Å². The molecule has 0 aliphatic rings. The summed E-state index contributed by atoms with van der Waals surface area (Å²) >= 11 is 7.67. The summed E-state index contributed by atoms with van der Waals surface area (Å²) in [4.78, 5) is 14.2. The molecule has 0 saturated heterocycles. The highest BCUT2D eigenvalue weighted by atomic mass is 35.5. The van der Waals surface area contributed by atoms with Crippen molar-refractivity contribution in [3.63, 3.8) is 0 Å². The predicted molar refractivity (Wildman–Crippen MR) is 112 cm³/mol. The average Bonchev–Trinajstić information content (AvgIpc) is 3.25. The second-order valence-corrected chi connectivity index (χ2v) is 7.75. The first-order chi connectivity index (χ1) is 13.5. The molecule has 2 aromatic heterocycles. The lowest BCUT2D eigenvalue weighted by atomic mass is 10.2. The lowest BCUT2D eigenvalue weighted by Crippen LogP contribution is -2.10. The van der Waals surface area contributed by atoms with Gasteiger partial charge in [-0.25, -0.2) is 0 Å². The minimum absolute atomic E-state index is 0.208. The summed E-state index contributed by atoms with van der Waals surface area (Å²) < 4.78 is 1.88. The van der Waals surface area contributed by atoms with Gasteiger partial charge in [-0.2, -0.15) is 10.4 Å². The van der Waals surface area contributed by atoms with Crippen LogP contribution in [0.3, 0.4) is 0 Å². The smallest absolute Gasteiger partial charge is 0.265 e. The number of carbonyl (C=O) groups excluding carboxylic acids is 1. The molecule has 1 N–H and O–H groups in total. The summed E-state index contributed by atoms with van der Waals surface area (Å²) in [6.07, 6.45) is 0. The molecule has 0 spiro atoms. The summed E-state index contributed by atoms with van der Waals surface area (Å²) in [6.45, 7) is 2.46. The zero-order chi connectivity index (χ0) is 19.7. The van der Waals surface area contributed by atoms with Gasteiger partial charge < -0.3 is 5.32 Å². The Kier molecular flexibility index (Phi) is 4.86. The van der Waals surface area contributed by atoms with E-state index in [2.05, 4.69) is 16.5 Å². The topological polar surface area (TPSA) is 70.7 Å². The molecule has 1 amide bonds. The van der Waals surface area contributed by atoms with Gasteiger partial charge in [0.25, 0.3) is 5.91 Å². The van der Waals surface area contributed by atoms with Crippen LogP contribution in [0, 0.1) is 18.3 Å². The summed E-state index contributed by atoms with van der Waals surface area (Å²) in [5.41, 5.74) is 2.93. The first kappa shape index (κ1) is 18.2. The Labute approximate surface area is 170 Å². The minimum Gasteiger partial charge on any atom is -0.321 e. The fraction of sp³-hybridized carbons (Fsp3) is 0.0952. The number of aryl methyl sites for hydroxylation is 1. The van der Waals surface area contributed by atoms with Crippen LogP contribution < -0.4 is 5.32 Å². The Morgan fingerprint density at radius 3 is 2.86 bits per heavy atom. The largest absolute Gasteiger partial charge is 0.321 e. The number of nitrogens with zero attached hydrogens (tertiary/aromatic N) is 3. The number of rotatable bonds is 4. The number of anilines is 1. The van der Waals surface area contributed by atoms with Crippen molar-refractivity contribution in [2.45, 2.75) is 13.5 Å². The van der Waals surface area contributed by atoms with Crippen LogP contribution in [0.1, 0.15) is 26.5 Å². The number of fused-ring (bicyclic) bond motifs is 1. The summed E-state index contributed by atoms with van der Waals surface area (Å²) in [6, 6.07) is 18.4. The Hall–Kier alpha value is -3.14. The van der Waals surface area contributed by atoms with Gasteiger partial charge in [0.2, 0.25) is 0 Å². The van der Waals surface area contributed by atoms with Crippen LogP contribution in [0.15, 0.2) is 54.6 Å². The van der Waals surface area contributed by atoms with Crippen molar-refractivity contribution in [3.8, 4) is 6.07 Å². The lowest BCUT2D eigenvalue weighted by Gasteiger charge is -2.05. The number of thiophene rings is 1. The van der Waals surface area contributed by atoms with Crippen LogP contribution in [0.4, 0.5) is 5.69 Å². The first-order valence-corrected chi connectivity index (χ1v) is 9.76. The zero-order valence-corrected chi connectivity index (χ0v) is 16.5. The molecule has 0 aliphatic carbocycles. The Bertz CT molecular complexity index is 1230. The van der Waals surface area contributed by atoms with Crippen LogP contribution in [0.5, 0.6) is 0 Å². The van der Waals surface area contributed by atoms with Crippen molar-refractivity contribution in [2.75, 3.05) is 5.32 Å². The van der Waals surface area contributed by atoms with Gasteiger partial charge in [0.15, 0.2) is 0 Å². The SMILES string of the molecule is Cc1nn(Cc2ccccc2Cl)c2sc(C(=O)Nc3cccc(C#N)c3)cc12. The molecule has 0 saturated carbocycles. The second-order valence-electron chi connectivity index (χ2n) is 6.31. The normalized spacial score (nSPS) is 10.8. The van der Waals surface area contributed by atoms with Gasteiger partial charge >= 0.3 is 0 Å². The Morgan fingerprint density at radius 1 is 1.25 bits per heavy atom. The molecule has 28 heavy (non-hydrogen) atoms. The summed E-state index contributed by atoms with van der Waals surface area (Å²) in [5.74, 6) is -0.208. The molecule has 2 heterocycles. The van der Waals surface area contributed by atoms with Crippen LogP contribution in [-0.2, 0) is 6.54 Å². The maximum atomic E-state index is 12.7.